The quantitative estimate of drug-likeness (QED) is 0.532. The molecule has 3 atom stereocenters. The molecule has 1 aliphatic rings. The Morgan fingerprint density at radius 3 is 2.46 bits per heavy atom. The molecular weight excluding hydrogens is 371 g/mol. The van der Waals surface area contributed by atoms with Gasteiger partial charge in [0.2, 0.25) is 5.91 Å². The average molecular weight is 402 g/mol. The smallest absolute Gasteiger partial charge is 0.408 e. The number of alkyl halides is 1. The number of aldehydes is 1. The van der Waals surface area contributed by atoms with Crippen LogP contribution in [0.5, 0.6) is 0 Å². The van der Waals surface area contributed by atoms with Gasteiger partial charge in [-0.25, -0.2) is 9.18 Å². The van der Waals surface area contributed by atoms with E-state index in [0.29, 0.717) is 19.1 Å². The molecule has 0 aromatic carbocycles. The van der Waals surface area contributed by atoms with E-state index in [1.807, 2.05) is 4.90 Å². The molecular formula is C18H31FN4O5. The van der Waals surface area contributed by atoms with Crippen LogP contribution in [-0.4, -0.2) is 84.5 Å². The van der Waals surface area contributed by atoms with Gasteiger partial charge in [0.15, 0.2) is 6.67 Å². The molecule has 1 heterocycles. The molecule has 9 nitrogen and oxygen atoms in total. The molecule has 10 heteroatoms. The summed E-state index contributed by atoms with van der Waals surface area (Å²) in [5.74, 6) is -1.17. The van der Waals surface area contributed by atoms with Gasteiger partial charge >= 0.3 is 6.09 Å². The van der Waals surface area contributed by atoms with Gasteiger partial charge in [-0.15, -0.1) is 0 Å². The Labute approximate surface area is 164 Å². The number of likely N-dealkylation sites (tertiary alicyclic amines) is 1. The summed E-state index contributed by atoms with van der Waals surface area (Å²) in [5, 5.41) is 2.37. The van der Waals surface area contributed by atoms with Gasteiger partial charge in [0.05, 0.1) is 6.04 Å². The molecule has 160 valence electrons. The first kappa shape index (κ1) is 23.8. The number of nitrogens with one attached hydrogen (secondary N) is 1. The Kier molecular flexibility index (Phi) is 8.80. The predicted octanol–water partition coefficient (Wildman–Crippen LogP) is 0.215. The van der Waals surface area contributed by atoms with Crippen molar-refractivity contribution in [2.24, 2.45) is 5.73 Å². The summed E-state index contributed by atoms with van der Waals surface area (Å²) in [6.45, 7) is 3.85. The van der Waals surface area contributed by atoms with E-state index in [1.165, 1.54) is 4.90 Å². The van der Waals surface area contributed by atoms with Crippen molar-refractivity contribution in [2.45, 2.75) is 63.8 Å². The van der Waals surface area contributed by atoms with Crippen molar-refractivity contribution in [3.63, 3.8) is 0 Å². The zero-order valence-electron chi connectivity index (χ0n) is 16.9. The van der Waals surface area contributed by atoms with Gasteiger partial charge in [-0.1, -0.05) is 0 Å². The van der Waals surface area contributed by atoms with E-state index < -0.39 is 36.2 Å². The number of hydrogen-bond acceptors (Lipinski definition) is 6. The summed E-state index contributed by atoms with van der Waals surface area (Å²) in [6.07, 6.45) is 1.54. The first-order valence-corrected chi connectivity index (χ1v) is 9.28. The number of alkyl carbamates (subject to hydrolysis) is 1. The van der Waals surface area contributed by atoms with Gasteiger partial charge in [0.25, 0.3) is 5.91 Å². The van der Waals surface area contributed by atoms with Crippen LogP contribution in [0.25, 0.3) is 0 Å². The molecule has 0 radical (unpaired) electrons. The molecule has 28 heavy (non-hydrogen) atoms. The maximum absolute atomic E-state index is 13.0. The van der Waals surface area contributed by atoms with Crippen LogP contribution in [0, 0.1) is 0 Å². The lowest BCUT2D eigenvalue weighted by molar-refractivity contribution is -0.133. The fraction of sp³-hybridized carbons (Fsp3) is 0.778. The van der Waals surface area contributed by atoms with Crippen LogP contribution in [0.2, 0.25) is 0 Å². The molecule has 0 aromatic rings. The summed E-state index contributed by atoms with van der Waals surface area (Å²) >= 11 is 0. The third kappa shape index (κ3) is 7.41. The third-order valence-corrected chi connectivity index (χ3v) is 4.65. The highest BCUT2D eigenvalue weighted by atomic mass is 19.1. The molecule has 3 unspecified atom stereocenters. The fourth-order valence-corrected chi connectivity index (χ4v) is 3.23. The van der Waals surface area contributed by atoms with E-state index >= 15 is 0 Å². The number of nitrogens with zero attached hydrogens (tertiary/aromatic N) is 2. The van der Waals surface area contributed by atoms with Crippen molar-refractivity contribution in [3.8, 4) is 0 Å². The second-order valence-corrected chi connectivity index (χ2v) is 7.97. The van der Waals surface area contributed by atoms with E-state index in [0.717, 1.165) is 6.42 Å². The predicted molar refractivity (Wildman–Crippen MR) is 100 cm³/mol. The van der Waals surface area contributed by atoms with Gasteiger partial charge in [0.1, 0.15) is 17.9 Å². The summed E-state index contributed by atoms with van der Waals surface area (Å²) in [7, 11) is 1.78. The lowest BCUT2D eigenvalue weighted by atomic mass is 10.1. The first-order valence-electron chi connectivity index (χ1n) is 9.28. The molecule has 1 aliphatic heterocycles. The van der Waals surface area contributed by atoms with Crippen molar-refractivity contribution in [3.05, 3.63) is 0 Å². The van der Waals surface area contributed by atoms with E-state index in [2.05, 4.69) is 5.32 Å². The van der Waals surface area contributed by atoms with Crippen LogP contribution in [0.4, 0.5) is 9.18 Å². The van der Waals surface area contributed by atoms with Crippen LogP contribution < -0.4 is 11.1 Å². The van der Waals surface area contributed by atoms with Crippen LogP contribution in [0.15, 0.2) is 0 Å². The SMILES string of the molecule is CN1C(CCN(CC(C=O)NC(=O)OC(C)(C)C)C(=O)CF)CCC1C(N)=O. The van der Waals surface area contributed by atoms with Crippen molar-refractivity contribution >= 4 is 24.2 Å². The Hall–Kier alpha value is -2.23. The Morgan fingerprint density at radius 2 is 2.00 bits per heavy atom. The lowest BCUT2D eigenvalue weighted by Crippen LogP contribution is -2.49. The van der Waals surface area contributed by atoms with Crippen molar-refractivity contribution in [1.82, 2.24) is 15.1 Å². The third-order valence-electron chi connectivity index (χ3n) is 4.65. The molecule has 1 rings (SSSR count). The summed E-state index contributed by atoms with van der Waals surface area (Å²) in [6, 6.07) is -1.36. The summed E-state index contributed by atoms with van der Waals surface area (Å²) in [5.41, 5.74) is 4.62. The van der Waals surface area contributed by atoms with Gasteiger partial charge in [-0.2, -0.15) is 0 Å². The highest BCUT2D eigenvalue weighted by Crippen LogP contribution is 2.24. The minimum atomic E-state index is -1.21. The Morgan fingerprint density at radius 1 is 1.36 bits per heavy atom. The number of likely N-dealkylation sites (N-methyl/N-ethyl adjacent to an activating group) is 1. The molecule has 0 aliphatic carbocycles. The standard InChI is InChI=1S/C18H31FN4O5/c1-18(2,3)28-17(27)21-12(11-24)10-23(15(25)9-19)8-7-13-5-6-14(16(20)26)22(13)4/h11-14H,5-10H2,1-4H3,(H2,20,26)(H,21,27). The van der Waals surface area contributed by atoms with E-state index in [9.17, 15) is 23.6 Å². The number of halogens is 1. The summed E-state index contributed by atoms with van der Waals surface area (Å²) < 4.78 is 18.0. The van der Waals surface area contributed by atoms with Gasteiger partial charge in [0, 0.05) is 19.1 Å². The fourth-order valence-electron chi connectivity index (χ4n) is 3.23. The molecule has 1 fully saturated rings. The van der Waals surface area contributed by atoms with Crippen LogP contribution in [0.1, 0.15) is 40.0 Å². The highest BCUT2D eigenvalue weighted by molar-refractivity contribution is 5.80. The lowest BCUT2D eigenvalue weighted by Gasteiger charge is -2.29. The van der Waals surface area contributed by atoms with E-state index in [-0.39, 0.29) is 25.2 Å². The first-order chi connectivity index (χ1) is 13.0. The molecule has 0 saturated carbocycles. The molecule has 0 bridgehead atoms. The average Bonchev–Trinajstić information content (AvgIpc) is 2.96. The van der Waals surface area contributed by atoms with Crippen molar-refractivity contribution < 1.29 is 28.3 Å². The van der Waals surface area contributed by atoms with Gasteiger partial charge < -0.3 is 25.5 Å². The van der Waals surface area contributed by atoms with Crippen molar-refractivity contribution in [2.75, 3.05) is 26.8 Å². The normalized spacial score (nSPS) is 21.0. The van der Waals surface area contributed by atoms with Crippen LogP contribution >= 0.6 is 0 Å². The van der Waals surface area contributed by atoms with E-state index in [4.69, 9.17) is 10.5 Å². The number of primary amides is 1. The monoisotopic (exact) mass is 402 g/mol. The van der Waals surface area contributed by atoms with Gasteiger partial charge in [-0.05, 0) is 47.1 Å². The maximum atomic E-state index is 13.0. The highest BCUT2D eigenvalue weighted by Gasteiger charge is 2.34. The molecule has 0 spiro atoms. The van der Waals surface area contributed by atoms with E-state index in [1.54, 1.807) is 27.8 Å². The zero-order valence-corrected chi connectivity index (χ0v) is 16.9. The van der Waals surface area contributed by atoms with Gasteiger partial charge in [-0.3, -0.25) is 14.5 Å². The summed E-state index contributed by atoms with van der Waals surface area (Å²) in [4.78, 5) is 49.6. The number of nitrogens with two attached hydrogens (primary N) is 1. The zero-order chi connectivity index (χ0) is 21.5. The van der Waals surface area contributed by atoms with Crippen LogP contribution in [0.3, 0.4) is 0 Å². The number of carbonyl (C=O) groups excluding carboxylic acids is 4. The molecule has 0 aromatic heterocycles. The number of ether oxygens (including phenoxy) is 1. The molecule has 1 saturated heterocycles. The second kappa shape index (κ2) is 10.4. The minimum absolute atomic E-state index is 0.0147. The maximum Gasteiger partial charge on any atom is 0.408 e. The second-order valence-electron chi connectivity index (χ2n) is 7.97. The molecule has 3 N–H and O–H groups in total. The van der Waals surface area contributed by atoms with Crippen LogP contribution in [-0.2, 0) is 19.1 Å². The largest absolute Gasteiger partial charge is 0.444 e. The number of rotatable bonds is 9. The number of hydrogen-bond donors (Lipinski definition) is 2. The number of amides is 3. The van der Waals surface area contributed by atoms with Crippen molar-refractivity contribution in [1.29, 1.82) is 0 Å². The minimum Gasteiger partial charge on any atom is -0.444 e. The molecule has 3 amide bonds. The number of carbonyl (C=O) groups is 4. The topological polar surface area (TPSA) is 122 Å². The Bertz CT molecular complexity index is 581. The Balaban J connectivity index is 2.67.